The minimum Gasteiger partial charge on any atom is -0.493 e. The zero-order valence-corrected chi connectivity index (χ0v) is 18.0. The summed E-state index contributed by atoms with van der Waals surface area (Å²) in [5.41, 5.74) is 3.98. The number of hydrogen-bond acceptors (Lipinski definition) is 5. The highest BCUT2D eigenvalue weighted by Gasteiger charge is 2.07. The van der Waals surface area contributed by atoms with Gasteiger partial charge in [-0.25, -0.2) is 0 Å². The van der Waals surface area contributed by atoms with Crippen molar-refractivity contribution in [1.82, 2.24) is 0 Å². The van der Waals surface area contributed by atoms with Gasteiger partial charge < -0.3 is 19.0 Å². The fourth-order valence-electron chi connectivity index (χ4n) is 2.87. The molecule has 0 bridgehead atoms. The fourth-order valence-corrected chi connectivity index (χ4v) is 2.87. The second-order valence-corrected chi connectivity index (χ2v) is 6.70. The number of aryl methyl sites for hydroxylation is 2. The summed E-state index contributed by atoms with van der Waals surface area (Å²) in [4.78, 5) is 4.79. The first-order valence-electron chi connectivity index (χ1n) is 9.84. The Morgan fingerprint density at radius 3 is 2.21 bits per heavy atom. The fraction of sp³-hybridized carbons (Fsp3) is 0.375. The minimum absolute atomic E-state index is 0.576. The summed E-state index contributed by atoms with van der Waals surface area (Å²) in [5.74, 6) is 2.61. The van der Waals surface area contributed by atoms with Crippen LogP contribution in [0.2, 0.25) is 0 Å². The average Bonchev–Trinajstić information content (AvgIpc) is 2.70. The van der Waals surface area contributed by atoms with Gasteiger partial charge >= 0.3 is 0 Å². The molecule has 0 N–H and O–H groups in total. The molecule has 0 aromatic heterocycles. The van der Waals surface area contributed by atoms with Crippen LogP contribution < -0.4 is 14.2 Å². The Hall–Kier alpha value is -2.95. The van der Waals surface area contributed by atoms with Crippen molar-refractivity contribution in [1.29, 1.82) is 0 Å². The second kappa shape index (κ2) is 11.8. The maximum absolute atomic E-state index is 5.98. The molecule has 29 heavy (non-hydrogen) atoms. The molecule has 2 aromatic rings. The monoisotopic (exact) mass is 397 g/mol. The summed E-state index contributed by atoms with van der Waals surface area (Å²) in [6, 6.07) is 11.8. The third-order valence-corrected chi connectivity index (χ3v) is 4.32. The number of ether oxygens (including phenoxy) is 3. The third-order valence-electron chi connectivity index (χ3n) is 4.32. The largest absolute Gasteiger partial charge is 0.493 e. The van der Waals surface area contributed by atoms with Crippen molar-refractivity contribution in [3.63, 3.8) is 0 Å². The zero-order valence-electron chi connectivity index (χ0n) is 18.0. The van der Waals surface area contributed by atoms with E-state index in [4.69, 9.17) is 19.0 Å². The summed E-state index contributed by atoms with van der Waals surface area (Å²) in [6.07, 6.45) is 4.76. The Labute approximate surface area is 173 Å². The number of benzene rings is 2. The summed E-state index contributed by atoms with van der Waals surface area (Å²) in [5, 5.41) is 3.93. The zero-order chi connectivity index (χ0) is 21.1. The lowest BCUT2D eigenvalue weighted by Gasteiger charge is -2.14. The lowest BCUT2D eigenvalue weighted by atomic mass is 10.1. The maximum Gasteiger partial charge on any atom is 0.125 e. The van der Waals surface area contributed by atoms with Crippen molar-refractivity contribution < 1.29 is 19.0 Å². The highest BCUT2D eigenvalue weighted by Crippen LogP contribution is 2.28. The van der Waals surface area contributed by atoms with Crippen LogP contribution in [0.3, 0.4) is 0 Å². The quantitative estimate of drug-likeness (QED) is 0.218. The third kappa shape index (κ3) is 7.18. The van der Waals surface area contributed by atoms with E-state index in [0.29, 0.717) is 19.8 Å². The average molecular weight is 398 g/mol. The number of allylic oxidation sites excluding steroid dienone is 1. The Bertz CT molecular complexity index is 802. The Balaban J connectivity index is 1.78. The van der Waals surface area contributed by atoms with E-state index in [-0.39, 0.29) is 0 Å². The van der Waals surface area contributed by atoms with E-state index >= 15 is 0 Å². The van der Waals surface area contributed by atoms with Gasteiger partial charge in [0.2, 0.25) is 0 Å². The van der Waals surface area contributed by atoms with Gasteiger partial charge in [0.05, 0.1) is 18.9 Å². The molecule has 2 rings (SSSR count). The van der Waals surface area contributed by atoms with Gasteiger partial charge in [-0.05, 0) is 80.8 Å². The molecule has 0 saturated heterocycles. The molecule has 5 heteroatoms. The van der Waals surface area contributed by atoms with Crippen molar-refractivity contribution in [2.75, 3.05) is 26.9 Å². The van der Waals surface area contributed by atoms with Gasteiger partial charge in [0, 0.05) is 6.42 Å². The van der Waals surface area contributed by atoms with Gasteiger partial charge in [0.25, 0.3) is 0 Å². The first-order chi connectivity index (χ1) is 14.0. The molecule has 156 valence electrons. The van der Waals surface area contributed by atoms with Gasteiger partial charge in [0.1, 0.15) is 31.0 Å². The number of nitrogens with zero attached hydrogens (tertiary/aromatic N) is 1. The predicted molar refractivity (Wildman–Crippen MR) is 117 cm³/mol. The molecule has 0 radical (unpaired) electrons. The molecule has 0 fully saturated rings. The van der Waals surface area contributed by atoms with E-state index in [9.17, 15) is 0 Å². The Morgan fingerprint density at radius 1 is 0.931 bits per heavy atom. The first kappa shape index (κ1) is 22.3. The summed E-state index contributed by atoms with van der Waals surface area (Å²) in [7, 11) is 1.54. The van der Waals surface area contributed by atoms with E-state index < -0.39 is 0 Å². The summed E-state index contributed by atoms with van der Waals surface area (Å²) >= 11 is 0. The van der Waals surface area contributed by atoms with Gasteiger partial charge in [-0.3, -0.25) is 0 Å². The lowest BCUT2D eigenvalue weighted by molar-refractivity contribution is 0.213. The number of rotatable bonds is 11. The SMILES string of the molecule is C/C=C/COc1cc(C)c(OCCCOc2ccc(/C(C)=N/OC)cc2)c(C)c1. The molecule has 0 atom stereocenters. The van der Waals surface area contributed by atoms with Crippen LogP contribution in [0.1, 0.15) is 37.0 Å². The van der Waals surface area contributed by atoms with E-state index in [1.165, 1.54) is 0 Å². The van der Waals surface area contributed by atoms with Gasteiger partial charge in [-0.15, -0.1) is 0 Å². The highest BCUT2D eigenvalue weighted by molar-refractivity contribution is 5.98. The summed E-state index contributed by atoms with van der Waals surface area (Å²) in [6.45, 7) is 9.73. The summed E-state index contributed by atoms with van der Waals surface area (Å²) < 4.78 is 17.5. The molecular formula is C24H31NO4. The van der Waals surface area contributed by atoms with Crippen LogP contribution >= 0.6 is 0 Å². The van der Waals surface area contributed by atoms with Crippen molar-refractivity contribution in [3.05, 3.63) is 65.2 Å². The van der Waals surface area contributed by atoms with Crippen LogP contribution in [0.25, 0.3) is 0 Å². The van der Waals surface area contributed by atoms with Crippen LogP contribution in [0.15, 0.2) is 53.7 Å². The number of oxime groups is 1. The van der Waals surface area contributed by atoms with Crippen LogP contribution in [-0.2, 0) is 4.84 Å². The Morgan fingerprint density at radius 2 is 1.59 bits per heavy atom. The van der Waals surface area contributed by atoms with E-state index in [1.54, 1.807) is 7.11 Å². The molecule has 0 saturated carbocycles. The van der Waals surface area contributed by atoms with Gasteiger partial charge in [-0.1, -0.05) is 17.3 Å². The molecule has 0 heterocycles. The van der Waals surface area contributed by atoms with Crippen molar-refractivity contribution in [2.45, 2.75) is 34.1 Å². The maximum atomic E-state index is 5.98. The molecule has 0 aliphatic rings. The molecule has 5 nitrogen and oxygen atoms in total. The van der Waals surface area contributed by atoms with Crippen LogP contribution in [0.4, 0.5) is 0 Å². The predicted octanol–water partition coefficient (Wildman–Crippen LogP) is 5.48. The van der Waals surface area contributed by atoms with E-state index in [2.05, 4.69) is 5.16 Å². The minimum atomic E-state index is 0.576. The van der Waals surface area contributed by atoms with E-state index in [1.807, 2.05) is 76.2 Å². The first-order valence-corrected chi connectivity index (χ1v) is 9.84. The standard InChI is InChI=1S/C24H31NO4/c1-6-7-13-28-23-16-18(2)24(19(3)17-23)29-15-8-14-27-22-11-9-21(10-12-22)20(4)25-26-5/h6-7,9-12,16-17H,8,13-15H2,1-5H3/b7-6+,25-20+. The topological polar surface area (TPSA) is 49.3 Å². The molecule has 0 unspecified atom stereocenters. The smallest absolute Gasteiger partial charge is 0.125 e. The molecule has 2 aromatic carbocycles. The normalized spacial score (nSPS) is 11.6. The molecule has 0 aliphatic heterocycles. The van der Waals surface area contributed by atoms with Crippen molar-refractivity contribution in [3.8, 4) is 17.2 Å². The van der Waals surface area contributed by atoms with E-state index in [0.717, 1.165) is 46.1 Å². The van der Waals surface area contributed by atoms with Crippen molar-refractivity contribution in [2.24, 2.45) is 5.16 Å². The molecule has 0 aliphatic carbocycles. The van der Waals surface area contributed by atoms with Crippen LogP contribution in [-0.4, -0.2) is 32.6 Å². The van der Waals surface area contributed by atoms with Crippen molar-refractivity contribution >= 4 is 5.71 Å². The molecule has 0 spiro atoms. The molecular weight excluding hydrogens is 366 g/mol. The van der Waals surface area contributed by atoms with Gasteiger partial charge in [-0.2, -0.15) is 0 Å². The van der Waals surface area contributed by atoms with Crippen LogP contribution in [0, 0.1) is 13.8 Å². The number of hydrogen-bond donors (Lipinski definition) is 0. The second-order valence-electron chi connectivity index (χ2n) is 6.70. The van der Waals surface area contributed by atoms with Gasteiger partial charge in [0.15, 0.2) is 0 Å². The Kier molecular flexibility index (Phi) is 9.09. The molecule has 0 amide bonds. The lowest BCUT2D eigenvalue weighted by Crippen LogP contribution is -2.07. The highest BCUT2D eigenvalue weighted by atomic mass is 16.6. The van der Waals surface area contributed by atoms with Crippen LogP contribution in [0.5, 0.6) is 17.2 Å².